The van der Waals surface area contributed by atoms with E-state index in [-0.39, 0.29) is 11.4 Å². The summed E-state index contributed by atoms with van der Waals surface area (Å²) in [5.74, 6) is -0.554. The van der Waals surface area contributed by atoms with Crippen LogP contribution in [-0.4, -0.2) is 28.8 Å². The summed E-state index contributed by atoms with van der Waals surface area (Å²) in [4.78, 5) is 13.3. The molecule has 0 aliphatic carbocycles. The Morgan fingerprint density at radius 2 is 1.78 bits per heavy atom. The highest BCUT2D eigenvalue weighted by molar-refractivity contribution is 5.91. The number of carbonyl (C=O) groups excluding carboxylic acids is 1. The molecule has 6 nitrogen and oxygen atoms in total. The number of carbonyl (C=O) groups is 1. The highest BCUT2D eigenvalue weighted by atomic mass is 19.1. The second-order valence-corrected chi connectivity index (χ2v) is 7.11. The standard InChI is InChI=1S/C16H25FN2O4/c1-15(2,3)22-13(20)19(14(21)23-16(4,5)6)12-8-7-10(17)9-11(12)18/h7-9,13,20H,18H2,1-6H3. The summed E-state index contributed by atoms with van der Waals surface area (Å²) in [5.41, 5.74) is 4.33. The summed E-state index contributed by atoms with van der Waals surface area (Å²) < 4.78 is 23.9. The van der Waals surface area contributed by atoms with Crippen LogP contribution in [0.3, 0.4) is 0 Å². The molecule has 1 unspecified atom stereocenters. The minimum absolute atomic E-state index is 0.0209. The molecule has 0 aliphatic heterocycles. The first-order valence-corrected chi connectivity index (χ1v) is 7.23. The predicted octanol–water partition coefficient (Wildman–Crippen LogP) is 3.24. The Hall–Kier alpha value is -1.86. The molecule has 1 aromatic carbocycles. The van der Waals surface area contributed by atoms with Gasteiger partial charge in [0.25, 0.3) is 0 Å². The van der Waals surface area contributed by atoms with Crippen molar-refractivity contribution in [3.05, 3.63) is 24.0 Å². The van der Waals surface area contributed by atoms with Crippen LogP contribution in [0.25, 0.3) is 0 Å². The zero-order valence-electron chi connectivity index (χ0n) is 14.4. The van der Waals surface area contributed by atoms with Gasteiger partial charge in [-0.1, -0.05) is 0 Å². The second kappa shape index (κ2) is 6.72. The van der Waals surface area contributed by atoms with Gasteiger partial charge in [0.15, 0.2) is 0 Å². The van der Waals surface area contributed by atoms with Crippen LogP contribution in [0.2, 0.25) is 0 Å². The fraction of sp³-hybridized carbons (Fsp3) is 0.562. The Kier molecular flexibility index (Phi) is 5.60. The molecule has 0 bridgehead atoms. The third-order valence-electron chi connectivity index (χ3n) is 2.52. The maximum atomic E-state index is 13.2. The van der Waals surface area contributed by atoms with Gasteiger partial charge in [0.2, 0.25) is 6.41 Å². The van der Waals surface area contributed by atoms with Crippen molar-refractivity contribution in [3.8, 4) is 0 Å². The zero-order chi connectivity index (χ0) is 18.0. The molecular weight excluding hydrogens is 303 g/mol. The normalized spacial score (nSPS) is 13.6. The van der Waals surface area contributed by atoms with E-state index in [2.05, 4.69) is 0 Å². The zero-order valence-corrected chi connectivity index (χ0v) is 14.4. The SMILES string of the molecule is CC(C)(C)OC(=O)N(c1ccc(F)cc1N)C(O)OC(C)(C)C. The fourth-order valence-corrected chi connectivity index (χ4v) is 1.73. The number of anilines is 2. The molecule has 0 spiro atoms. The largest absolute Gasteiger partial charge is 0.443 e. The van der Waals surface area contributed by atoms with E-state index >= 15 is 0 Å². The lowest BCUT2D eigenvalue weighted by atomic mass is 10.2. The van der Waals surface area contributed by atoms with Crippen molar-refractivity contribution in [2.24, 2.45) is 0 Å². The van der Waals surface area contributed by atoms with Gasteiger partial charge in [-0.2, -0.15) is 0 Å². The van der Waals surface area contributed by atoms with Crippen LogP contribution >= 0.6 is 0 Å². The monoisotopic (exact) mass is 328 g/mol. The fourth-order valence-electron chi connectivity index (χ4n) is 1.73. The smallest absolute Gasteiger partial charge is 0.418 e. The van der Waals surface area contributed by atoms with E-state index < -0.39 is 29.5 Å². The number of aliphatic hydroxyl groups is 1. The van der Waals surface area contributed by atoms with Gasteiger partial charge in [0, 0.05) is 0 Å². The summed E-state index contributed by atoms with van der Waals surface area (Å²) in [5, 5.41) is 10.3. The average molecular weight is 328 g/mol. The number of amides is 1. The van der Waals surface area contributed by atoms with Crippen molar-refractivity contribution >= 4 is 17.5 Å². The molecule has 0 heterocycles. The molecule has 7 heteroatoms. The van der Waals surface area contributed by atoms with Crippen LogP contribution in [0.5, 0.6) is 0 Å². The van der Waals surface area contributed by atoms with E-state index in [4.69, 9.17) is 15.2 Å². The second-order valence-electron chi connectivity index (χ2n) is 7.11. The lowest BCUT2D eigenvalue weighted by molar-refractivity contribution is -0.163. The van der Waals surface area contributed by atoms with E-state index in [0.717, 1.165) is 17.0 Å². The molecule has 1 rings (SSSR count). The van der Waals surface area contributed by atoms with Crippen LogP contribution in [0.1, 0.15) is 41.5 Å². The summed E-state index contributed by atoms with van der Waals surface area (Å²) in [7, 11) is 0. The Morgan fingerprint density at radius 1 is 1.22 bits per heavy atom. The lowest BCUT2D eigenvalue weighted by Crippen LogP contribution is -2.47. The van der Waals surface area contributed by atoms with Crippen LogP contribution in [-0.2, 0) is 9.47 Å². The lowest BCUT2D eigenvalue weighted by Gasteiger charge is -2.34. The number of halogens is 1. The highest BCUT2D eigenvalue weighted by Crippen LogP contribution is 2.28. The van der Waals surface area contributed by atoms with Gasteiger partial charge in [-0.05, 0) is 59.7 Å². The molecule has 0 radical (unpaired) electrons. The maximum Gasteiger partial charge on any atom is 0.418 e. The van der Waals surface area contributed by atoms with E-state index in [0.29, 0.717) is 0 Å². The van der Waals surface area contributed by atoms with Crippen molar-refractivity contribution < 1.29 is 23.8 Å². The van der Waals surface area contributed by atoms with E-state index in [1.807, 2.05) is 0 Å². The summed E-state index contributed by atoms with van der Waals surface area (Å²) in [6, 6.07) is 3.47. The number of aliphatic hydroxyl groups excluding tert-OH is 1. The van der Waals surface area contributed by atoms with Crippen LogP contribution < -0.4 is 10.6 Å². The van der Waals surface area contributed by atoms with Crippen LogP contribution in [0, 0.1) is 5.82 Å². The number of hydrogen-bond donors (Lipinski definition) is 2. The van der Waals surface area contributed by atoms with Crippen molar-refractivity contribution in [1.29, 1.82) is 0 Å². The summed E-state index contributed by atoms with van der Waals surface area (Å²) >= 11 is 0. The van der Waals surface area contributed by atoms with Crippen molar-refractivity contribution in [2.75, 3.05) is 10.6 Å². The Labute approximate surface area is 136 Å². The van der Waals surface area contributed by atoms with Crippen molar-refractivity contribution in [3.63, 3.8) is 0 Å². The molecule has 0 saturated heterocycles. The van der Waals surface area contributed by atoms with E-state index in [1.165, 1.54) is 6.07 Å². The van der Waals surface area contributed by atoms with Crippen molar-refractivity contribution in [1.82, 2.24) is 0 Å². The minimum atomic E-state index is -1.64. The molecular formula is C16H25FN2O4. The third-order valence-corrected chi connectivity index (χ3v) is 2.52. The molecule has 3 N–H and O–H groups in total. The molecule has 0 fully saturated rings. The Morgan fingerprint density at radius 3 is 2.22 bits per heavy atom. The summed E-state index contributed by atoms with van der Waals surface area (Å²) in [6.07, 6.45) is -2.50. The van der Waals surface area contributed by atoms with Gasteiger partial charge in [0.05, 0.1) is 17.0 Å². The molecule has 0 aliphatic rings. The molecule has 0 aromatic heterocycles. The molecule has 1 aromatic rings. The number of hydrogen-bond acceptors (Lipinski definition) is 5. The van der Waals surface area contributed by atoms with Crippen LogP contribution in [0.4, 0.5) is 20.6 Å². The molecule has 0 saturated carbocycles. The molecule has 1 amide bonds. The number of nitrogen functional groups attached to an aromatic ring is 1. The van der Waals surface area contributed by atoms with E-state index in [1.54, 1.807) is 41.5 Å². The first-order valence-electron chi connectivity index (χ1n) is 7.23. The molecule has 23 heavy (non-hydrogen) atoms. The molecule has 130 valence electrons. The maximum absolute atomic E-state index is 13.2. The highest BCUT2D eigenvalue weighted by Gasteiger charge is 2.33. The van der Waals surface area contributed by atoms with Crippen LogP contribution in [0.15, 0.2) is 18.2 Å². The van der Waals surface area contributed by atoms with Gasteiger partial charge >= 0.3 is 6.09 Å². The number of ether oxygens (including phenoxy) is 2. The van der Waals surface area contributed by atoms with Gasteiger partial charge in [-0.3, -0.25) is 0 Å². The number of nitrogens with zero attached hydrogens (tertiary/aromatic N) is 1. The number of benzene rings is 1. The van der Waals surface area contributed by atoms with Gasteiger partial charge < -0.3 is 20.3 Å². The van der Waals surface area contributed by atoms with E-state index in [9.17, 15) is 14.3 Å². The van der Waals surface area contributed by atoms with Crippen molar-refractivity contribution in [2.45, 2.75) is 59.2 Å². The summed E-state index contributed by atoms with van der Waals surface area (Å²) in [6.45, 7) is 10.2. The topological polar surface area (TPSA) is 85.0 Å². The number of rotatable bonds is 3. The third kappa shape index (κ3) is 6.03. The minimum Gasteiger partial charge on any atom is -0.443 e. The Bertz CT molecular complexity index is 564. The quantitative estimate of drug-likeness (QED) is 0.657. The first kappa shape index (κ1) is 19.2. The predicted molar refractivity (Wildman–Crippen MR) is 86.4 cm³/mol. The van der Waals surface area contributed by atoms with Gasteiger partial charge in [-0.25, -0.2) is 14.1 Å². The molecule has 1 atom stereocenters. The van der Waals surface area contributed by atoms with Gasteiger partial charge in [-0.15, -0.1) is 0 Å². The average Bonchev–Trinajstić information content (AvgIpc) is 2.27. The Balaban J connectivity index is 3.22. The first-order chi connectivity index (χ1) is 10.3. The van der Waals surface area contributed by atoms with Gasteiger partial charge in [0.1, 0.15) is 11.4 Å². The number of nitrogens with two attached hydrogens (primary N) is 1.